The molecule has 14 heteroatoms. The third kappa shape index (κ3) is 7.35. The third-order valence-electron chi connectivity index (χ3n) is 6.24. The molecule has 0 atom stereocenters. The second kappa shape index (κ2) is 11.0. The number of anilines is 3. The van der Waals surface area contributed by atoms with Gasteiger partial charge in [-0.15, -0.1) is 0 Å². The van der Waals surface area contributed by atoms with E-state index in [2.05, 4.69) is 20.3 Å². The summed E-state index contributed by atoms with van der Waals surface area (Å²) in [6.45, 7) is -0.232. The second-order valence-electron chi connectivity index (χ2n) is 9.00. The number of hydrogen-bond donors (Lipinski definition) is 1. The van der Waals surface area contributed by atoms with Crippen LogP contribution in [0.25, 0.3) is 0 Å². The fourth-order valence-electron chi connectivity index (χ4n) is 4.39. The highest BCUT2D eigenvalue weighted by Crippen LogP contribution is 2.32. The van der Waals surface area contributed by atoms with Crippen molar-refractivity contribution in [1.29, 1.82) is 0 Å². The van der Waals surface area contributed by atoms with E-state index < -0.39 is 30.5 Å². The molecule has 202 valence electrons. The van der Waals surface area contributed by atoms with Crippen LogP contribution in [0.15, 0.2) is 24.3 Å². The van der Waals surface area contributed by atoms with Crippen LogP contribution < -0.4 is 15.0 Å². The smallest absolute Gasteiger partial charge is 0.422 e. The Morgan fingerprint density at radius 1 is 0.973 bits per heavy atom. The largest absolute Gasteiger partial charge is 0.454 e. The lowest BCUT2D eigenvalue weighted by molar-refractivity contribution is -0.154. The quantitative estimate of drug-likeness (QED) is 0.535. The van der Waals surface area contributed by atoms with Crippen LogP contribution in [0.2, 0.25) is 0 Å². The number of amides is 1. The number of nitrogens with one attached hydrogen (secondary N) is 1. The summed E-state index contributed by atoms with van der Waals surface area (Å²) in [7, 11) is 0. The Morgan fingerprint density at radius 3 is 2.32 bits per heavy atom. The minimum atomic E-state index is -4.65. The van der Waals surface area contributed by atoms with Gasteiger partial charge in [-0.05, 0) is 31.0 Å². The number of piperazine rings is 1. The predicted octanol–water partition coefficient (Wildman–Crippen LogP) is 4.80. The molecule has 1 N–H and O–H groups in total. The molecule has 37 heavy (non-hydrogen) atoms. The van der Waals surface area contributed by atoms with Crippen molar-refractivity contribution in [2.24, 2.45) is 5.92 Å². The summed E-state index contributed by atoms with van der Waals surface area (Å²) in [5.74, 6) is -0.159. The fraction of sp³-hybridized carbons (Fsp3) is 0.565. The van der Waals surface area contributed by atoms with Crippen molar-refractivity contribution >= 4 is 23.5 Å². The maximum absolute atomic E-state index is 13.1. The number of rotatable bonds is 6. The molecule has 2 aliphatic rings. The van der Waals surface area contributed by atoms with Gasteiger partial charge in [0.15, 0.2) is 6.61 Å². The summed E-state index contributed by atoms with van der Waals surface area (Å²) in [6, 6.07) is 3.60. The number of carbonyl (C=O) groups excluding carboxylic acids is 1. The zero-order valence-corrected chi connectivity index (χ0v) is 19.8. The Labute approximate surface area is 209 Å². The first kappa shape index (κ1) is 26.7. The summed E-state index contributed by atoms with van der Waals surface area (Å²) >= 11 is 0. The summed E-state index contributed by atoms with van der Waals surface area (Å²) in [5.41, 5.74) is -0.935. The van der Waals surface area contributed by atoms with Crippen LogP contribution >= 0.6 is 0 Å². The summed E-state index contributed by atoms with van der Waals surface area (Å²) in [6.07, 6.45) is -4.29. The zero-order valence-electron chi connectivity index (χ0n) is 19.8. The molecule has 8 nitrogen and oxygen atoms in total. The van der Waals surface area contributed by atoms with Crippen LogP contribution in [-0.2, 0) is 11.0 Å². The monoisotopic (exact) mass is 532 g/mol. The van der Waals surface area contributed by atoms with Crippen LogP contribution in [0.4, 0.5) is 43.9 Å². The Hall–Kier alpha value is -3.32. The molecular weight excluding hydrogens is 506 g/mol. The van der Waals surface area contributed by atoms with Gasteiger partial charge in [-0.1, -0.05) is 25.3 Å². The molecule has 2 heterocycles. The summed E-state index contributed by atoms with van der Waals surface area (Å²) < 4.78 is 82.0. The lowest BCUT2D eigenvalue weighted by Crippen LogP contribution is -2.51. The highest BCUT2D eigenvalue weighted by Gasteiger charge is 2.32. The van der Waals surface area contributed by atoms with Crippen molar-refractivity contribution in [3.8, 4) is 6.01 Å². The molecule has 1 aliphatic carbocycles. The molecule has 1 aliphatic heterocycles. The van der Waals surface area contributed by atoms with Gasteiger partial charge < -0.3 is 19.9 Å². The van der Waals surface area contributed by atoms with Crippen molar-refractivity contribution in [3.05, 3.63) is 29.8 Å². The topological polar surface area (TPSA) is 83.5 Å². The van der Waals surface area contributed by atoms with Gasteiger partial charge in [0.2, 0.25) is 17.8 Å². The Morgan fingerprint density at radius 2 is 1.68 bits per heavy atom. The van der Waals surface area contributed by atoms with Crippen LogP contribution in [0.1, 0.15) is 37.7 Å². The van der Waals surface area contributed by atoms with Gasteiger partial charge in [-0.3, -0.25) is 4.79 Å². The molecule has 1 aromatic carbocycles. The molecule has 1 aromatic heterocycles. The molecule has 4 rings (SSSR count). The average molecular weight is 532 g/mol. The normalized spacial score (nSPS) is 17.6. The SMILES string of the molecule is O=C(C1CCCCC1)N1CCN(c2nc(Nc3cccc(C(F)(F)F)c3)nc(OCC(F)(F)F)n2)CC1. The Balaban J connectivity index is 1.50. The molecule has 2 aromatic rings. The number of halogens is 6. The molecular formula is C23H26F6N6O2. The van der Waals surface area contributed by atoms with Gasteiger partial charge in [0.1, 0.15) is 0 Å². The predicted molar refractivity (Wildman–Crippen MR) is 121 cm³/mol. The van der Waals surface area contributed by atoms with Crippen LogP contribution in [0, 0.1) is 5.92 Å². The summed E-state index contributed by atoms with van der Waals surface area (Å²) in [5, 5.41) is 2.59. The van der Waals surface area contributed by atoms with E-state index in [1.54, 1.807) is 9.80 Å². The average Bonchev–Trinajstić information content (AvgIpc) is 2.87. The molecule has 0 radical (unpaired) electrons. The van der Waals surface area contributed by atoms with Crippen molar-refractivity contribution in [1.82, 2.24) is 19.9 Å². The van der Waals surface area contributed by atoms with Gasteiger partial charge in [0, 0.05) is 37.8 Å². The summed E-state index contributed by atoms with van der Waals surface area (Å²) in [4.78, 5) is 28.2. The maximum Gasteiger partial charge on any atom is 0.422 e. The fourth-order valence-corrected chi connectivity index (χ4v) is 4.39. The molecule has 0 spiro atoms. The number of ether oxygens (including phenoxy) is 1. The number of benzene rings is 1. The van der Waals surface area contributed by atoms with Crippen molar-refractivity contribution < 1.29 is 35.9 Å². The zero-order chi connectivity index (χ0) is 26.6. The maximum atomic E-state index is 13.1. The van der Waals surface area contributed by atoms with Crippen LogP contribution in [0.3, 0.4) is 0 Å². The minimum Gasteiger partial charge on any atom is -0.454 e. The lowest BCUT2D eigenvalue weighted by Gasteiger charge is -2.37. The number of hydrogen-bond acceptors (Lipinski definition) is 7. The minimum absolute atomic E-state index is 0.00795. The van der Waals surface area contributed by atoms with E-state index in [1.807, 2.05) is 0 Å². The number of alkyl halides is 6. The standard InChI is InChI=1S/C23H26F6N6O2/c24-22(25,26)14-37-21-32-19(30-17-8-4-7-16(13-17)23(27,28)29)31-20(33-21)35-11-9-34(10-12-35)18(36)15-5-2-1-3-6-15/h4,7-8,13,15H,1-3,5-6,9-12,14H2,(H,30,31,32,33). The van der Waals surface area contributed by atoms with Gasteiger partial charge in [0.25, 0.3) is 0 Å². The molecule has 1 amide bonds. The van der Waals surface area contributed by atoms with E-state index in [4.69, 9.17) is 4.74 Å². The number of aromatic nitrogens is 3. The van der Waals surface area contributed by atoms with E-state index in [1.165, 1.54) is 12.1 Å². The van der Waals surface area contributed by atoms with Gasteiger partial charge in [0.05, 0.1) is 5.56 Å². The highest BCUT2D eigenvalue weighted by atomic mass is 19.4. The highest BCUT2D eigenvalue weighted by molar-refractivity contribution is 5.79. The van der Waals surface area contributed by atoms with Gasteiger partial charge in [-0.25, -0.2) is 0 Å². The van der Waals surface area contributed by atoms with Crippen molar-refractivity contribution in [2.45, 2.75) is 44.5 Å². The van der Waals surface area contributed by atoms with Gasteiger partial charge >= 0.3 is 18.4 Å². The number of nitrogens with zero attached hydrogens (tertiary/aromatic N) is 5. The van der Waals surface area contributed by atoms with E-state index >= 15 is 0 Å². The van der Waals surface area contributed by atoms with E-state index in [0.717, 1.165) is 44.2 Å². The van der Waals surface area contributed by atoms with Crippen molar-refractivity contribution in [2.75, 3.05) is 43.0 Å². The molecule has 0 bridgehead atoms. The third-order valence-corrected chi connectivity index (χ3v) is 6.24. The molecule has 1 saturated heterocycles. The first-order valence-corrected chi connectivity index (χ1v) is 11.9. The van der Waals surface area contributed by atoms with Crippen LogP contribution in [0.5, 0.6) is 6.01 Å². The second-order valence-corrected chi connectivity index (χ2v) is 9.00. The molecule has 0 unspecified atom stereocenters. The van der Waals surface area contributed by atoms with E-state index in [-0.39, 0.29) is 29.4 Å². The molecule has 1 saturated carbocycles. The van der Waals surface area contributed by atoms with Crippen LogP contribution in [-0.4, -0.2) is 64.7 Å². The van der Waals surface area contributed by atoms with E-state index in [9.17, 15) is 31.1 Å². The van der Waals surface area contributed by atoms with Crippen molar-refractivity contribution in [3.63, 3.8) is 0 Å². The van der Waals surface area contributed by atoms with Gasteiger partial charge in [-0.2, -0.15) is 41.3 Å². The first-order chi connectivity index (χ1) is 17.5. The number of carbonyl (C=O) groups is 1. The first-order valence-electron chi connectivity index (χ1n) is 11.9. The Bertz CT molecular complexity index is 1080. The Kier molecular flexibility index (Phi) is 7.93. The lowest BCUT2D eigenvalue weighted by atomic mass is 9.88. The van der Waals surface area contributed by atoms with E-state index in [0.29, 0.717) is 26.2 Å². The molecule has 2 fully saturated rings.